The lowest BCUT2D eigenvalue weighted by molar-refractivity contribution is 0.0521. The molecule has 1 unspecified atom stereocenters. The molecule has 0 spiro atoms. The first-order valence-electron chi connectivity index (χ1n) is 5.10. The van der Waals surface area contributed by atoms with Crippen LogP contribution in [0.2, 0.25) is 0 Å². The topological polar surface area (TPSA) is 79.4 Å². The summed E-state index contributed by atoms with van der Waals surface area (Å²) in [6.07, 6.45) is 1.52. The number of methoxy groups -OCH3 is 1. The summed E-state index contributed by atoms with van der Waals surface area (Å²) in [5.74, 6) is -0.189. The molecule has 0 amide bonds. The molecule has 90 valence electrons. The molecular weight excluding hydrogens is 210 g/mol. The summed E-state index contributed by atoms with van der Waals surface area (Å²) < 4.78 is 11.6. The third-order valence-corrected chi connectivity index (χ3v) is 2.20. The van der Waals surface area contributed by atoms with Gasteiger partial charge in [0.15, 0.2) is 5.69 Å². The molecule has 16 heavy (non-hydrogen) atoms. The molecule has 1 rings (SSSR count). The van der Waals surface area contributed by atoms with Gasteiger partial charge in [0.25, 0.3) is 0 Å². The van der Waals surface area contributed by atoms with Crippen LogP contribution in [0.4, 0.5) is 5.82 Å². The Morgan fingerprint density at radius 2 is 2.38 bits per heavy atom. The van der Waals surface area contributed by atoms with Gasteiger partial charge in [-0.2, -0.15) is 0 Å². The van der Waals surface area contributed by atoms with Gasteiger partial charge >= 0.3 is 5.97 Å². The van der Waals surface area contributed by atoms with Crippen molar-refractivity contribution in [2.45, 2.75) is 26.5 Å². The Morgan fingerprint density at radius 1 is 1.69 bits per heavy atom. The van der Waals surface area contributed by atoms with Gasteiger partial charge in [0, 0.05) is 7.11 Å². The van der Waals surface area contributed by atoms with Gasteiger partial charge in [0.1, 0.15) is 5.82 Å². The Morgan fingerprint density at radius 3 is 2.94 bits per heavy atom. The number of nitrogen functional groups attached to an aromatic ring is 1. The van der Waals surface area contributed by atoms with Crippen molar-refractivity contribution in [1.82, 2.24) is 9.55 Å². The van der Waals surface area contributed by atoms with E-state index in [0.29, 0.717) is 19.0 Å². The third-order valence-electron chi connectivity index (χ3n) is 2.20. The average Bonchev–Trinajstić information content (AvgIpc) is 2.61. The summed E-state index contributed by atoms with van der Waals surface area (Å²) in [5.41, 5.74) is 5.94. The molecule has 0 saturated heterocycles. The highest BCUT2D eigenvalue weighted by atomic mass is 16.5. The number of imidazole rings is 1. The fourth-order valence-corrected chi connectivity index (χ4v) is 1.25. The molecule has 2 N–H and O–H groups in total. The van der Waals surface area contributed by atoms with Gasteiger partial charge in [0.05, 0.1) is 25.6 Å². The van der Waals surface area contributed by atoms with Crippen LogP contribution in [-0.4, -0.2) is 35.3 Å². The largest absolute Gasteiger partial charge is 0.461 e. The number of ether oxygens (including phenoxy) is 2. The number of nitrogens with two attached hydrogens (primary N) is 1. The second-order valence-corrected chi connectivity index (χ2v) is 3.40. The Bertz CT molecular complexity index is 362. The SMILES string of the molecule is CCOC(=O)c1ncn(CC(C)OC)c1N. The van der Waals surface area contributed by atoms with E-state index in [1.807, 2.05) is 6.92 Å². The second-order valence-electron chi connectivity index (χ2n) is 3.40. The second kappa shape index (κ2) is 5.50. The van der Waals surface area contributed by atoms with Crippen LogP contribution in [0.25, 0.3) is 0 Å². The van der Waals surface area contributed by atoms with E-state index in [4.69, 9.17) is 15.2 Å². The minimum Gasteiger partial charge on any atom is -0.461 e. The van der Waals surface area contributed by atoms with Crippen molar-refractivity contribution >= 4 is 11.8 Å². The minimum atomic E-state index is -0.496. The van der Waals surface area contributed by atoms with Crippen LogP contribution in [0.15, 0.2) is 6.33 Å². The van der Waals surface area contributed by atoms with E-state index in [9.17, 15) is 4.79 Å². The normalized spacial score (nSPS) is 12.4. The molecule has 0 aliphatic heterocycles. The van der Waals surface area contributed by atoms with Crippen LogP contribution in [-0.2, 0) is 16.0 Å². The maximum absolute atomic E-state index is 11.4. The van der Waals surface area contributed by atoms with Crippen LogP contribution in [0, 0.1) is 0 Å². The molecule has 1 atom stereocenters. The highest BCUT2D eigenvalue weighted by molar-refractivity contribution is 5.92. The predicted molar refractivity (Wildman–Crippen MR) is 59.1 cm³/mol. The molecule has 0 aromatic carbocycles. The summed E-state index contributed by atoms with van der Waals surface area (Å²) in [7, 11) is 1.62. The number of carbonyl (C=O) groups is 1. The van der Waals surface area contributed by atoms with Crippen molar-refractivity contribution in [2.75, 3.05) is 19.5 Å². The molecule has 1 aromatic rings. The summed E-state index contributed by atoms with van der Waals surface area (Å²) in [6.45, 7) is 4.50. The first-order chi connectivity index (χ1) is 7.60. The van der Waals surface area contributed by atoms with Gasteiger partial charge in [-0.3, -0.25) is 0 Å². The van der Waals surface area contributed by atoms with Crippen molar-refractivity contribution in [1.29, 1.82) is 0 Å². The number of rotatable bonds is 5. The Kier molecular flexibility index (Phi) is 4.30. The summed E-state index contributed by atoms with van der Waals surface area (Å²) >= 11 is 0. The van der Waals surface area contributed by atoms with Crippen molar-refractivity contribution in [3.05, 3.63) is 12.0 Å². The number of hydrogen-bond acceptors (Lipinski definition) is 5. The number of hydrogen-bond donors (Lipinski definition) is 1. The first kappa shape index (κ1) is 12.5. The van der Waals surface area contributed by atoms with Crippen molar-refractivity contribution in [3.8, 4) is 0 Å². The minimum absolute atomic E-state index is 0.00606. The highest BCUT2D eigenvalue weighted by Gasteiger charge is 2.17. The van der Waals surface area contributed by atoms with Crippen molar-refractivity contribution in [2.24, 2.45) is 0 Å². The lowest BCUT2D eigenvalue weighted by Gasteiger charge is -2.11. The van der Waals surface area contributed by atoms with Gasteiger partial charge in [-0.25, -0.2) is 9.78 Å². The maximum Gasteiger partial charge on any atom is 0.360 e. The quantitative estimate of drug-likeness (QED) is 0.748. The molecule has 0 radical (unpaired) electrons. The number of anilines is 1. The number of esters is 1. The fraction of sp³-hybridized carbons (Fsp3) is 0.600. The zero-order chi connectivity index (χ0) is 12.1. The predicted octanol–water partition coefficient (Wildman–Crippen LogP) is 0.677. The molecule has 1 heterocycles. The van der Waals surface area contributed by atoms with Gasteiger partial charge in [-0.1, -0.05) is 0 Å². The lowest BCUT2D eigenvalue weighted by Crippen LogP contribution is -2.16. The van der Waals surface area contributed by atoms with E-state index < -0.39 is 5.97 Å². The van der Waals surface area contributed by atoms with Crippen LogP contribution in [0.5, 0.6) is 0 Å². The number of aromatic nitrogens is 2. The lowest BCUT2D eigenvalue weighted by atomic mass is 10.4. The molecule has 6 nitrogen and oxygen atoms in total. The van der Waals surface area contributed by atoms with Crippen LogP contribution >= 0.6 is 0 Å². The molecule has 6 heteroatoms. The van der Waals surface area contributed by atoms with E-state index in [-0.39, 0.29) is 11.8 Å². The first-order valence-corrected chi connectivity index (χ1v) is 5.10. The monoisotopic (exact) mass is 227 g/mol. The zero-order valence-corrected chi connectivity index (χ0v) is 9.77. The molecule has 0 aliphatic rings. The van der Waals surface area contributed by atoms with Gasteiger partial charge in [-0.05, 0) is 13.8 Å². The molecule has 0 saturated carbocycles. The Hall–Kier alpha value is -1.56. The number of nitrogens with zero attached hydrogens (tertiary/aromatic N) is 2. The molecule has 0 aliphatic carbocycles. The van der Waals surface area contributed by atoms with Gasteiger partial charge in [-0.15, -0.1) is 0 Å². The van der Waals surface area contributed by atoms with Gasteiger partial charge in [0.2, 0.25) is 0 Å². The average molecular weight is 227 g/mol. The van der Waals surface area contributed by atoms with E-state index >= 15 is 0 Å². The number of carbonyl (C=O) groups excluding carboxylic acids is 1. The maximum atomic E-state index is 11.4. The Balaban J connectivity index is 2.79. The highest BCUT2D eigenvalue weighted by Crippen LogP contribution is 2.12. The fourth-order valence-electron chi connectivity index (χ4n) is 1.25. The van der Waals surface area contributed by atoms with Gasteiger partial charge < -0.3 is 19.8 Å². The molecule has 0 bridgehead atoms. The van der Waals surface area contributed by atoms with Crippen LogP contribution < -0.4 is 5.73 Å². The van der Waals surface area contributed by atoms with Crippen LogP contribution in [0.3, 0.4) is 0 Å². The zero-order valence-electron chi connectivity index (χ0n) is 9.77. The summed E-state index contributed by atoms with van der Waals surface area (Å²) in [4.78, 5) is 15.4. The third kappa shape index (κ3) is 2.73. The summed E-state index contributed by atoms with van der Waals surface area (Å²) in [5, 5.41) is 0. The van der Waals surface area contributed by atoms with Crippen molar-refractivity contribution in [3.63, 3.8) is 0 Å². The molecule has 1 aromatic heterocycles. The standard InChI is InChI=1S/C10H17N3O3/c1-4-16-10(14)8-9(11)13(6-12-8)5-7(2)15-3/h6-7H,4-5,11H2,1-3H3. The summed E-state index contributed by atoms with van der Waals surface area (Å²) in [6, 6.07) is 0. The Labute approximate surface area is 94.4 Å². The van der Waals surface area contributed by atoms with E-state index in [1.54, 1.807) is 18.6 Å². The van der Waals surface area contributed by atoms with Crippen molar-refractivity contribution < 1.29 is 14.3 Å². The van der Waals surface area contributed by atoms with E-state index in [1.165, 1.54) is 6.33 Å². The molecular formula is C10H17N3O3. The molecule has 0 fully saturated rings. The van der Waals surface area contributed by atoms with Crippen LogP contribution in [0.1, 0.15) is 24.3 Å². The van der Waals surface area contributed by atoms with E-state index in [2.05, 4.69) is 4.98 Å². The smallest absolute Gasteiger partial charge is 0.360 e. The van der Waals surface area contributed by atoms with E-state index in [0.717, 1.165) is 0 Å².